The van der Waals surface area contributed by atoms with Crippen molar-refractivity contribution in [3.05, 3.63) is 0 Å². The zero-order chi connectivity index (χ0) is 15.7. The quantitative estimate of drug-likeness (QED) is 0.742. The van der Waals surface area contributed by atoms with Crippen molar-refractivity contribution < 1.29 is 14.7 Å². The van der Waals surface area contributed by atoms with Gasteiger partial charge in [0, 0.05) is 6.04 Å². The highest BCUT2D eigenvalue weighted by Crippen LogP contribution is 2.32. The van der Waals surface area contributed by atoms with E-state index in [-0.39, 0.29) is 12.1 Å². The largest absolute Gasteiger partial charge is 0.481 e. The van der Waals surface area contributed by atoms with Gasteiger partial charge in [0.05, 0.1) is 11.0 Å². The van der Waals surface area contributed by atoms with Gasteiger partial charge in [-0.2, -0.15) is 0 Å². The van der Waals surface area contributed by atoms with Crippen molar-refractivity contribution >= 4 is 12.0 Å². The van der Waals surface area contributed by atoms with Crippen LogP contribution >= 0.6 is 0 Å². The molecule has 1 fully saturated rings. The predicted molar refractivity (Wildman–Crippen MR) is 78.5 cm³/mol. The molecule has 1 saturated carbocycles. The number of nitrogens with one attached hydrogen (secondary N) is 2. The second-order valence-corrected chi connectivity index (χ2v) is 7.17. The lowest BCUT2D eigenvalue weighted by molar-refractivity contribution is -0.150. The Bertz CT molecular complexity index is 391. The van der Waals surface area contributed by atoms with Crippen LogP contribution in [-0.4, -0.2) is 28.7 Å². The molecule has 20 heavy (non-hydrogen) atoms. The maximum Gasteiger partial charge on any atom is 0.315 e. The number of hydrogen-bond donors (Lipinski definition) is 3. The Labute approximate surface area is 121 Å². The van der Waals surface area contributed by atoms with Gasteiger partial charge in [0.15, 0.2) is 0 Å². The maximum absolute atomic E-state index is 12.1. The molecular formula is C15H28N2O3. The lowest BCUT2D eigenvalue weighted by Gasteiger charge is -2.39. The van der Waals surface area contributed by atoms with Gasteiger partial charge in [-0.3, -0.25) is 4.79 Å². The molecule has 0 bridgehead atoms. The smallest absolute Gasteiger partial charge is 0.315 e. The molecule has 3 atom stereocenters. The Morgan fingerprint density at radius 2 is 1.65 bits per heavy atom. The first-order chi connectivity index (χ1) is 8.99. The molecule has 1 aliphatic carbocycles. The number of rotatable bonds is 4. The van der Waals surface area contributed by atoms with Crippen LogP contribution in [0.2, 0.25) is 0 Å². The van der Waals surface area contributed by atoms with E-state index in [2.05, 4.69) is 24.5 Å². The molecule has 0 aromatic heterocycles. The predicted octanol–water partition coefficient (Wildman–Crippen LogP) is 2.61. The number of carboxylic acids is 1. The Morgan fingerprint density at radius 3 is 2.05 bits per heavy atom. The third-order valence-corrected chi connectivity index (χ3v) is 5.30. The zero-order valence-electron chi connectivity index (χ0n) is 13.4. The summed E-state index contributed by atoms with van der Waals surface area (Å²) in [5.74, 6) is 0.144. The van der Waals surface area contributed by atoms with Crippen LogP contribution in [0.3, 0.4) is 0 Å². The van der Waals surface area contributed by atoms with Crippen molar-refractivity contribution in [3.8, 4) is 0 Å². The Kier molecular flexibility index (Phi) is 4.72. The van der Waals surface area contributed by atoms with Gasteiger partial charge in [0.1, 0.15) is 0 Å². The van der Waals surface area contributed by atoms with E-state index in [1.165, 1.54) is 0 Å². The van der Waals surface area contributed by atoms with Gasteiger partial charge < -0.3 is 15.7 Å². The Hall–Kier alpha value is -1.26. The van der Waals surface area contributed by atoms with Gasteiger partial charge in [-0.25, -0.2) is 4.79 Å². The lowest BCUT2D eigenvalue weighted by atomic mass is 9.74. The standard InChI is InChI=1S/C15H28N2O3/c1-9-7-8-11(10(9)2)16-13(20)17-15(5,6)14(3,4)12(18)19/h9-11H,7-8H2,1-6H3,(H,18,19)(H2,16,17,20). The lowest BCUT2D eigenvalue weighted by Crippen LogP contribution is -2.60. The molecule has 0 aliphatic heterocycles. The molecule has 1 rings (SSSR count). The number of amides is 2. The van der Waals surface area contributed by atoms with Crippen molar-refractivity contribution in [1.82, 2.24) is 10.6 Å². The highest BCUT2D eigenvalue weighted by molar-refractivity contribution is 5.79. The summed E-state index contributed by atoms with van der Waals surface area (Å²) in [6, 6.07) is -0.107. The van der Waals surface area contributed by atoms with Crippen LogP contribution in [0.5, 0.6) is 0 Å². The highest BCUT2D eigenvalue weighted by atomic mass is 16.4. The second-order valence-electron chi connectivity index (χ2n) is 7.17. The molecule has 0 aromatic rings. The third-order valence-electron chi connectivity index (χ3n) is 5.30. The van der Waals surface area contributed by atoms with Crippen LogP contribution in [0.1, 0.15) is 54.4 Å². The number of urea groups is 1. The van der Waals surface area contributed by atoms with E-state index in [4.69, 9.17) is 0 Å². The molecule has 3 unspecified atom stereocenters. The molecule has 0 aromatic carbocycles. The molecule has 0 spiro atoms. The fourth-order valence-electron chi connectivity index (χ4n) is 2.48. The van der Waals surface area contributed by atoms with E-state index >= 15 is 0 Å². The minimum atomic E-state index is -1.04. The Balaban J connectivity index is 2.64. The van der Waals surface area contributed by atoms with Crippen molar-refractivity contribution in [2.24, 2.45) is 17.3 Å². The number of aliphatic carboxylic acids is 1. The summed E-state index contributed by atoms with van der Waals surface area (Å²) >= 11 is 0. The second kappa shape index (κ2) is 5.62. The topological polar surface area (TPSA) is 78.4 Å². The highest BCUT2D eigenvalue weighted by Gasteiger charge is 2.44. The first-order valence-corrected chi connectivity index (χ1v) is 7.31. The first-order valence-electron chi connectivity index (χ1n) is 7.31. The number of hydrogen-bond acceptors (Lipinski definition) is 2. The monoisotopic (exact) mass is 284 g/mol. The molecule has 0 radical (unpaired) electrons. The van der Waals surface area contributed by atoms with Gasteiger partial charge in [0.25, 0.3) is 0 Å². The molecule has 0 heterocycles. The molecule has 5 nitrogen and oxygen atoms in total. The first kappa shape index (κ1) is 16.8. The molecular weight excluding hydrogens is 256 g/mol. The van der Waals surface area contributed by atoms with Crippen LogP contribution in [-0.2, 0) is 4.79 Å². The molecule has 5 heteroatoms. The molecule has 3 N–H and O–H groups in total. The third kappa shape index (κ3) is 3.25. The van der Waals surface area contributed by atoms with E-state index in [1.54, 1.807) is 27.7 Å². The Morgan fingerprint density at radius 1 is 1.10 bits per heavy atom. The number of carbonyl (C=O) groups excluding carboxylic acids is 1. The van der Waals surface area contributed by atoms with Crippen LogP contribution < -0.4 is 10.6 Å². The average molecular weight is 284 g/mol. The number of carbonyl (C=O) groups is 2. The summed E-state index contributed by atoms with van der Waals surface area (Å²) in [5.41, 5.74) is -1.88. The minimum Gasteiger partial charge on any atom is -0.481 e. The summed E-state index contributed by atoms with van der Waals surface area (Å²) in [6.45, 7) is 11.1. The number of carboxylic acid groups (broad SMARTS) is 1. The summed E-state index contributed by atoms with van der Waals surface area (Å²) in [6.07, 6.45) is 2.11. The summed E-state index contributed by atoms with van der Waals surface area (Å²) in [4.78, 5) is 23.4. The molecule has 116 valence electrons. The van der Waals surface area contributed by atoms with Crippen molar-refractivity contribution in [2.45, 2.75) is 66.0 Å². The normalized spacial score (nSPS) is 27.2. The van der Waals surface area contributed by atoms with Gasteiger partial charge in [0.2, 0.25) is 0 Å². The zero-order valence-corrected chi connectivity index (χ0v) is 13.4. The van der Waals surface area contributed by atoms with Gasteiger partial charge in [-0.05, 0) is 52.4 Å². The summed E-state index contributed by atoms with van der Waals surface area (Å²) in [5, 5.41) is 15.1. The van der Waals surface area contributed by atoms with E-state index in [0.717, 1.165) is 12.8 Å². The van der Waals surface area contributed by atoms with E-state index in [1.807, 2.05) is 0 Å². The summed E-state index contributed by atoms with van der Waals surface area (Å²) < 4.78 is 0. The van der Waals surface area contributed by atoms with Crippen molar-refractivity contribution in [3.63, 3.8) is 0 Å². The van der Waals surface area contributed by atoms with E-state index in [9.17, 15) is 14.7 Å². The fraction of sp³-hybridized carbons (Fsp3) is 0.867. The van der Waals surface area contributed by atoms with Crippen molar-refractivity contribution in [2.75, 3.05) is 0 Å². The van der Waals surface area contributed by atoms with Gasteiger partial charge in [-0.15, -0.1) is 0 Å². The van der Waals surface area contributed by atoms with Gasteiger partial charge >= 0.3 is 12.0 Å². The van der Waals surface area contributed by atoms with Crippen LogP contribution in [0.15, 0.2) is 0 Å². The van der Waals surface area contributed by atoms with Crippen LogP contribution in [0.25, 0.3) is 0 Å². The summed E-state index contributed by atoms with van der Waals surface area (Å²) in [7, 11) is 0. The van der Waals surface area contributed by atoms with Gasteiger partial charge in [-0.1, -0.05) is 13.8 Å². The maximum atomic E-state index is 12.1. The minimum absolute atomic E-state index is 0.175. The fourth-order valence-corrected chi connectivity index (χ4v) is 2.48. The molecule has 2 amide bonds. The SMILES string of the molecule is CC1CCC(NC(=O)NC(C)(C)C(C)(C)C(=O)O)C1C. The van der Waals surface area contributed by atoms with E-state index in [0.29, 0.717) is 11.8 Å². The average Bonchev–Trinajstić information content (AvgIpc) is 2.59. The molecule has 0 saturated heterocycles. The van der Waals surface area contributed by atoms with E-state index < -0.39 is 16.9 Å². The molecule has 1 aliphatic rings. The van der Waals surface area contributed by atoms with Crippen molar-refractivity contribution in [1.29, 1.82) is 0 Å². The van der Waals surface area contributed by atoms with Crippen LogP contribution in [0.4, 0.5) is 4.79 Å². The van der Waals surface area contributed by atoms with Crippen LogP contribution in [0, 0.1) is 17.3 Å².